The number of aryl methyl sites for hydroxylation is 3. The van der Waals surface area contributed by atoms with Crippen molar-refractivity contribution in [2.24, 2.45) is 5.92 Å². The Kier molecular flexibility index (Phi) is 40.0. The number of benzene rings is 2. The lowest BCUT2D eigenvalue weighted by molar-refractivity contribution is -0.113. The summed E-state index contributed by atoms with van der Waals surface area (Å²) < 4.78 is 0. The van der Waals surface area contributed by atoms with Crippen molar-refractivity contribution in [2.75, 3.05) is 0 Å². The lowest BCUT2D eigenvalue weighted by Gasteiger charge is -2.09. The number of hydrogen-bond acceptors (Lipinski definition) is 1. The molecule has 0 aromatic heterocycles. The van der Waals surface area contributed by atoms with Crippen molar-refractivity contribution in [1.29, 1.82) is 0 Å². The molecule has 0 fully saturated rings. The maximum atomic E-state index is 10.5. The highest BCUT2D eigenvalue weighted by Crippen LogP contribution is 2.25. The van der Waals surface area contributed by atoms with Gasteiger partial charge in [-0.15, -0.1) is 0 Å². The topological polar surface area (TPSA) is 17.1 Å². The molecule has 0 aliphatic rings. The van der Waals surface area contributed by atoms with Crippen molar-refractivity contribution in [3.63, 3.8) is 0 Å². The van der Waals surface area contributed by atoms with Crippen LogP contribution in [-0.2, 0) is 11.2 Å². The van der Waals surface area contributed by atoms with E-state index in [1.54, 1.807) is 6.92 Å². The molecule has 0 aliphatic carbocycles. The van der Waals surface area contributed by atoms with Gasteiger partial charge in [0.25, 0.3) is 0 Å². The zero-order chi connectivity index (χ0) is 34.1. The molecule has 1 heteroatoms. The minimum Gasteiger partial charge on any atom is -0.295 e. The van der Waals surface area contributed by atoms with E-state index in [0.29, 0.717) is 0 Å². The van der Waals surface area contributed by atoms with Crippen molar-refractivity contribution in [3.8, 4) is 11.1 Å². The Labute approximate surface area is 272 Å². The summed E-state index contributed by atoms with van der Waals surface area (Å²) in [7, 11) is 0. The van der Waals surface area contributed by atoms with Crippen LogP contribution in [0.15, 0.2) is 54.1 Å². The average Bonchev–Trinajstić information content (AvgIpc) is 3.01. The fourth-order valence-corrected chi connectivity index (χ4v) is 4.15. The maximum Gasteiger partial charge on any atom is 0.155 e. The van der Waals surface area contributed by atoms with E-state index in [1.165, 1.54) is 85.6 Å². The van der Waals surface area contributed by atoms with Gasteiger partial charge in [0.2, 0.25) is 0 Å². The van der Waals surface area contributed by atoms with Gasteiger partial charge in [0.15, 0.2) is 5.78 Å². The Hall–Kier alpha value is -2.15. The van der Waals surface area contributed by atoms with Crippen LogP contribution < -0.4 is 0 Å². The van der Waals surface area contributed by atoms with Gasteiger partial charge in [-0.05, 0) is 74.3 Å². The number of ketones is 1. The van der Waals surface area contributed by atoms with Crippen LogP contribution in [0.4, 0.5) is 0 Å². The summed E-state index contributed by atoms with van der Waals surface area (Å²) in [5, 5.41) is 0. The first kappa shape index (κ1) is 47.8. The molecule has 0 saturated heterocycles. The summed E-state index contributed by atoms with van der Waals surface area (Å²) in [6.45, 7) is 31.6. The second-order valence-corrected chi connectivity index (χ2v) is 11.1. The predicted molar refractivity (Wildman–Crippen MR) is 202 cm³/mol. The van der Waals surface area contributed by atoms with Crippen LogP contribution in [0.2, 0.25) is 0 Å². The molecule has 1 nitrogen and oxygen atoms in total. The van der Waals surface area contributed by atoms with Gasteiger partial charge in [-0.25, -0.2) is 0 Å². The molecule has 0 amide bonds. The maximum absolute atomic E-state index is 10.5. The molecule has 0 spiro atoms. The number of carbonyl (C=O) groups excluding carboxylic acids is 1. The molecule has 43 heavy (non-hydrogen) atoms. The monoisotopic (exact) mass is 597 g/mol. The van der Waals surface area contributed by atoms with Crippen LogP contribution in [0.3, 0.4) is 0 Å². The van der Waals surface area contributed by atoms with Crippen LogP contribution in [0, 0.1) is 19.8 Å². The first-order valence-corrected chi connectivity index (χ1v) is 17.9. The molecule has 0 unspecified atom stereocenters. The number of carbonyl (C=O) groups is 1. The Bertz CT molecular complexity index is 880. The number of hydrogen-bond donors (Lipinski definition) is 0. The standard InChI is InChI=1S/C16H18.C8H18.C7H12O.C5H12.C4H10.C2H6/c1-4-14-9-8-13(3)16(11-14)15-7-5-6-12(2)10-15;1-4-6-8(3)7-5-2;1-4-7(5-2)6(3)8;1-3-5-4-2;1-3-4-2;1-2/h5-11H,4H2,1-3H3;8H,4-7H2,1-3H3;4H,5H2,1-3H3;3-5H2,1-2H3;3-4H2,1-2H3;1-2H3/b;;7-4+;;;. The average molecular weight is 597 g/mol. The van der Waals surface area contributed by atoms with Crippen molar-refractivity contribution >= 4 is 5.78 Å². The molecule has 0 N–H and O–H groups in total. The van der Waals surface area contributed by atoms with E-state index in [0.717, 1.165) is 24.3 Å². The van der Waals surface area contributed by atoms with Crippen molar-refractivity contribution in [2.45, 2.75) is 174 Å². The number of rotatable bonds is 11. The molecule has 0 aliphatic heterocycles. The molecular formula is C42H76O. The van der Waals surface area contributed by atoms with E-state index >= 15 is 0 Å². The van der Waals surface area contributed by atoms with Crippen molar-refractivity contribution in [1.82, 2.24) is 0 Å². The van der Waals surface area contributed by atoms with Crippen LogP contribution >= 0.6 is 0 Å². The summed E-state index contributed by atoms with van der Waals surface area (Å²) in [6, 6.07) is 15.5. The summed E-state index contributed by atoms with van der Waals surface area (Å²) in [5.41, 5.74) is 7.68. The van der Waals surface area contributed by atoms with Gasteiger partial charge in [0.05, 0.1) is 0 Å². The van der Waals surface area contributed by atoms with Crippen LogP contribution in [-0.4, -0.2) is 5.78 Å². The molecule has 0 atom stereocenters. The Morgan fingerprint density at radius 1 is 0.744 bits per heavy atom. The SMILES string of the molecule is C/C=C(\CC)C(C)=O.CC.CCCC.CCCC(C)CCC.CCCCC.CCc1ccc(C)c(-c2cccc(C)c2)c1. The van der Waals surface area contributed by atoms with Crippen molar-refractivity contribution in [3.05, 3.63) is 70.8 Å². The third kappa shape index (κ3) is 29.7. The minimum atomic E-state index is 0.190. The van der Waals surface area contributed by atoms with E-state index in [9.17, 15) is 4.79 Å². The third-order valence-electron chi connectivity index (χ3n) is 6.99. The van der Waals surface area contributed by atoms with E-state index in [2.05, 4.69) is 112 Å². The Balaban J connectivity index is -0.000000241. The highest BCUT2D eigenvalue weighted by atomic mass is 16.1. The highest BCUT2D eigenvalue weighted by Gasteiger charge is 2.03. The predicted octanol–water partition coefficient (Wildman–Crippen LogP) is 14.7. The van der Waals surface area contributed by atoms with Crippen LogP contribution in [0.5, 0.6) is 0 Å². The fraction of sp³-hybridized carbons (Fsp3) is 0.643. The normalized spacial score (nSPS) is 9.81. The Morgan fingerprint density at radius 3 is 1.58 bits per heavy atom. The molecular weight excluding hydrogens is 520 g/mol. The zero-order valence-corrected chi connectivity index (χ0v) is 31.9. The smallest absolute Gasteiger partial charge is 0.155 e. The van der Waals surface area contributed by atoms with E-state index in [4.69, 9.17) is 0 Å². The second-order valence-electron chi connectivity index (χ2n) is 11.1. The first-order chi connectivity index (χ1) is 20.6. The quantitative estimate of drug-likeness (QED) is 0.236. The summed E-state index contributed by atoms with van der Waals surface area (Å²) >= 11 is 0. The van der Waals surface area contributed by atoms with Gasteiger partial charge in [-0.2, -0.15) is 0 Å². The van der Waals surface area contributed by atoms with Gasteiger partial charge < -0.3 is 0 Å². The van der Waals surface area contributed by atoms with Gasteiger partial charge in [0.1, 0.15) is 0 Å². The molecule has 2 aromatic rings. The first-order valence-electron chi connectivity index (χ1n) is 17.9. The van der Waals surface area contributed by atoms with E-state index in [1.807, 2.05) is 33.8 Å². The highest BCUT2D eigenvalue weighted by molar-refractivity contribution is 5.92. The van der Waals surface area contributed by atoms with E-state index < -0.39 is 0 Å². The molecule has 0 saturated carbocycles. The van der Waals surface area contributed by atoms with Gasteiger partial charge in [0, 0.05) is 0 Å². The number of allylic oxidation sites excluding steroid dienone is 2. The fourth-order valence-electron chi connectivity index (χ4n) is 4.15. The number of Topliss-reactive ketones (excluding diaryl/α,β-unsaturated/α-hetero) is 1. The summed E-state index contributed by atoms with van der Waals surface area (Å²) in [4.78, 5) is 10.5. The molecule has 250 valence electrons. The Morgan fingerprint density at radius 2 is 1.28 bits per heavy atom. The summed E-state index contributed by atoms with van der Waals surface area (Å²) in [6.07, 6.45) is 16.0. The molecule has 0 heterocycles. The molecule has 0 radical (unpaired) electrons. The number of unbranched alkanes of at least 4 members (excludes halogenated alkanes) is 3. The van der Waals surface area contributed by atoms with E-state index in [-0.39, 0.29) is 5.78 Å². The lowest BCUT2D eigenvalue weighted by Crippen LogP contribution is -1.92. The van der Waals surface area contributed by atoms with Gasteiger partial charge >= 0.3 is 0 Å². The van der Waals surface area contributed by atoms with Gasteiger partial charge in [-0.3, -0.25) is 4.79 Å². The minimum absolute atomic E-state index is 0.190. The largest absolute Gasteiger partial charge is 0.295 e. The lowest BCUT2D eigenvalue weighted by atomic mass is 9.96. The molecule has 0 bridgehead atoms. The molecule has 2 aromatic carbocycles. The summed E-state index contributed by atoms with van der Waals surface area (Å²) in [5.74, 6) is 1.15. The second kappa shape index (κ2) is 36.0. The molecule has 2 rings (SSSR count). The van der Waals surface area contributed by atoms with Crippen molar-refractivity contribution < 1.29 is 4.79 Å². The van der Waals surface area contributed by atoms with Crippen LogP contribution in [0.25, 0.3) is 11.1 Å². The third-order valence-corrected chi connectivity index (χ3v) is 6.99. The van der Waals surface area contributed by atoms with Crippen LogP contribution in [0.1, 0.15) is 171 Å². The zero-order valence-electron chi connectivity index (χ0n) is 31.9. The van der Waals surface area contributed by atoms with Gasteiger partial charge in [-0.1, -0.05) is 188 Å².